The summed E-state index contributed by atoms with van der Waals surface area (Å²) in [4.78, 5) is 3.83. The fraction of sp³-hybridized carbons (Fsp3) is 0.100. The molecule has 0 bridgehead atoms. The number of aliphatic hydroxyl groups excluding tert-OH is 1. The fourth-order valence-corrected chi connectivity index (χ4v) is 1.41. The van der Waals surface area contributed by atoms with Crippen molar-refractivity contribution in [2.45, 2.75) is 6.61 Å². The summed E-state index contributed by atoms with van der Waals surface area (Å²) in [5, 5.41) is 8.76. The van der Waals surface area contributed by atoms with Crippen LogP contribution in [0.15, 0.2) is 33.4 Å². The van der Waals surface area contributed by atoms with Gasteiger partial charge in [-0.3, -0.25) is 0 Å². The Morgan fingerprint density at radius 1 is 1.50 bits per heavy atom. The number of rotatable bonds is 3. The van der Waals surface area contributed by atoms with E-state index < -0.39 is 0 Å². The smallest absolute Gasteiger partial charge is 0.399 e. The maximum absolute atomic E-state index is 12.9. The van der Waals surface area contributed by atoms with Gasteiger partial charge in [0.15, 0.2) is 0 Å². The molecule has 1 heterocycles. The van der Waals surface area contributed by atoms with Crippen LogP contribution >= 0.6 is 15.9 Å². The molecule has 0 saturated carbocycles. The summed E-state index contributed by atoms with van der Waals surface area (Å²) in [6, 6.07) is 4.16. The second-order valence-corrected chi connectivity index (χ2v) is 3.80. The van der Waals surface area contributed by atoms with Crippen LogP contribution in [0.2, 0.25) is 0 Å². The standard InChI is InChI=1S/C10H7BrFNO3/c11-8-3-7(1-2-9(8)12)16-10-13-6(4-14)5-15-10/h1-3,5,14H,4H2. The van der Waals surface area contributed by atoms with Crippen molar-refractivity contribution >= 4 is 15.9 Å². The molecule has 0 amide bonds. The molecule has 4 nitrogen and oxygen atoms in total. The molecule has 0 saturated heterocycles. The number of oxazole rings is 1. The van der Waals surface area contributed by atoms with Crippen LogP contribution in [0.5, 0.6) is 11.8 Å². The average molecular weight is 288 g/mol. The first-order chi connectivity index (χ1) is 7.69. The number of hydrogen-bond donors (Lipinski definition) is 1. The van der Waals surface area contributed by atoms with Gasteiger partial charge in [0.2, 0.25) is 0 Å². The van der Waals surface area contributed by atoms with Gasteiger partial charge >= 0.3 is 6.08 Å². The molecule has 0 unspecified atom stereocenters. The van der Waals surface area contributed by atoms with E-state index in [0.717, 1.165) is 0 Å². The Morgan fingerprint density at radius 3 is 2.94 bits per heavy atom. The van der Waals surface area contributed by atoms with Gasteiger partial charge in [-0.1, -0.05) is 0 Å². The van der Waals surface area contributed by atoms with Gasteiger partial charge in [0, 0.05) is 0 Å². The van der Waals surface area contributed by atoms with E-state index in [0.29, 0.717) is 15.9 Å². The van der Waals surface area contributed by atoms with Crippen LogP contribution < -0.4 is 4.74 Å². The highest BCUT2D eigenvalue weighted by atomic mass is 79.9. The van der Waals surface area contributed by atoms with Crippen LogP contribution in [-0.4, -0.2) is 10.1 Å². The molecule has 84 valence electrons. The van der Waals surface area contributed by atoms with Crippen LogP contribution in [0.3, 0.4) is 0 Å². The molecule has 1 aromatic heterocycles. The van der Waals surface area contributed by atoms with E-state index in [-0.39, 0.29) is 18.5 Å². The Bertz CT molecular complexity index is 501. The van der Waals surface area contributed by atoms with Crippen molar-refractivity contribution in [3.8, 4) is 11.8 Å². The quantitative estimate of drug-likeness (QED) is 0.943. The zero-order chi connectivity index (χ0) is 11.5. The first kappa shape index (κ1) is 11.1. The van der Waals surface area contributed by atoms with Crippen molar-refractivity contribution in [3.63, 3.8) is 0 Å². The molecule has 0 aliphatic rings. The summed E-state index contributed by atoms with van der Waals surface area (Å²) < 4.78 is 23.4. The lowest BCUT2D eigenvalue weighted by atomic mass is 10.3. The second kappa shape index (κ2) is 4.63. The number of benzene rings is 1. The summed E-state index contributed by atoms with van der Waals surface area (Å²) in [5.41, 5.74) is 0.371. The van der Waals surface area contributed by atoms with Crippen LogP contribution in [0.1, 0.15) is 5.69 Å². The molecule has 0 fully saturated rings. The molecular weight excluding hydrogens is 281 g/mol. The molecule has 0 aliphatic carbocycles. The zero-order valence-corrected chi connectivity index (χ0v) is 9.57. The van der Waals surface area contributed by atoms with E-state index in [9.17, 15) is 4.39 Å². The van der Waals surface area contributed by atoms with E-state index in [1.165, 1.54) is 24.5 Å². The second-order valence-electron chi connectivity index (χ2n) is 2.94. The third-order valence-electron chi connectivity index (χ3n) is 1.79. The van der Waals surface area contributed by atoms with Gasteiger partial charge in [0.25, 0.3) is 0 Å². The van der Waals surface area contributed by atoms with Crippen LogP contribution in [0.25, 0.3) is 0 Å². The van der Waals surface area contributed by atoms with Gasteiger partial charge in [-0.15, -0.1) is 0 Å². The summed E-state index contributed by atoms with van der Waals surface area (Å²) >= 11 is 3.03. The van der Waals surface area contributed by atoms with Crippen molar-refractivity contribution in [2.75, 3.05) is 0 Å². The van der Waals surface area contributed by atoms with Gasteiger partial charge in [-0.2, -0.15) is 4.98 Å². The summed E-state index contributed by atoms with van der Waals surface area (Å²) in [7, 11) is 0. The SMILES string of the molecule is OCc1coc(Oc2ccc(F)c(Br)c2)n1. The fourth-order valence-electron chi connectivity index (χ4n) is 1.05. The molecule has 2 rings (SSSR count). The van der Waals surface area contributed by atoms with E-state index in [1.807, 2.05) is 0 Å². The Balaban J connectivity index is 2.17. The molecule has 6 heteroatoms. The predicted octanol–water partition coefficient (Wildman–Crippen LogP) is 2.86. The largest absolute Gasteiger partial charge is 0.417 e. The minimum atomic E-state index is -0.379. The highest BCUT2D eigenvalue weighted by Gasteiger charge is 2.07. The molecule has 2 aromatic rings. The topological polar surface area (TPSA) is 55.5 Å². The van der Waals surface area contributed by atoms with Crippen molar-refractivity contribution in [2.24, 2.45) is 0 Å². The molecule has 0 radical (unpaired) electrons. The summed E-state index contributed by atoms with van der Waals surface area (Å²) in [6.07, 6.45) is 1.29. The Morgan fingerprint density at radius 2 is 2.31 bits per heavy atom. The molecule has 1 aromatic carbocycles. The van der Waals surface area contributed by atoms with E-state index >= 15 is 0 Å². The third-order valence-corrected chi connectivity index (χ3v) is 2.40. The lowest BCUT2D eigenvalue weighted by Crippen LogP contribution is -1.87. The minimum Gasteiger partial charge on any atom is -0.417 e. The van der Waals surface area contributed by atoms with Gasteiger partial charge in [0.1, 0.15) is 23.5 Å². The van der Waals surface area contributed by atoms with Gasteiger partial charge in [-0.25, -0.2) is 4.39 Å². The Kier molecular flexibility index (Phi) is 3.21. The normalized spacial score (nSPS) is 10.4. The highest BCUT2D eigenvalue weighted by Crippen LogP contribution is 2.25. The van der Waals surface area contributed by atoms with Crippen molar-refractivity contribution in [3.05, 3.63) is 40.4 Å². The lowest BCUT2D eigenvalue weighted by Gasteiger charge is -2.01. The minimum absolute atomic E-state index is 0.00237. The molecule has 0 atom stereocenters. The number of hydrogen-bond acceptors (Lipinski definition) is 4. The number of ether oxygens (including phenoxy) is 1. The molecule has 0 spiro atoms. The van der Waals surface area contributed by atoms with E-state index in [2.05, 4.69) is 20.9 Å². The lowest BCUT2D eigenvalue weighted by molar-refractivity contribution is 0.276. The maximum atomic E-state index is 12.9. The van der Waals surface area contributed by atoms with Crippen molar-refractivity contribution < 1.29 is 18.7 Å². The monoisotopic (exact) mass is 287 g/mol. The molecule has 0 aliphatic heterocycles. The van der Waals surface area contributed by atoms with Gasteiger partial charge < -0.3 is 14.3 Å². The maximum Gasteiger partial charge on any atom is 0.399 e. The Hall–Kier alpha value is -1.40. The number of nitrogens with zero attached hydrogens (tertiary/aromatic N) is 1. The van der Waals surface area contributed by atoms with Crippen molar-refractivity contribution in [1.29, 1.82) is 0 Å². The van der Waals surface area contributed by atoms with E-state index in [4.69, 9.17) is 14.3 Å². The molecule has 16 heavy (non-hydrogen) atoms. The Labute approximate surface area is 98.8 Å². The zero-order valence-electron chi connectivity index (χ0n) is 7.98. The van der Waals surface area contributed by atoms with Gasteiger partial charge in [0.05, 0.1) is 11.1 Å². The van der Waals surface area contributed by atoms with Crippen LogP contribution in [-0.2, 0) is 6.61 Å². The number of aliphatic hydroxyl groups is 1. The van der Waals surface area contributed by atoms with Crippen LogP contribution in [0.4, 0.5) is 4.39 Å². The summed E-state index contributed by atoms with van der Waals surface area (Å²) in [5.74, 6) is 0.00964. The first-order valence-corrected chi connectivity index (χ1v) is 5.16. The summed E-state index contributed by atoms with van der Waals surface area (Å²) in [6.45, 7) is -0.222. The third kappa shape index (κ3) is 2.40. The van der Waals surface area contributed by atoms with Crippen molar-refractivity contribution in [1.82, 2.24) is 4.98 Å². The molecule has 1 N–H and O–H groups in total. The first-order valence-electron chi connectivity index (χ1n) is 4.37. The molecular formula is C10H7BrFNO3. The highest BCUT2D eigenvalue weighted by molar-refractivity contribution is 9.10. The van der Waals surface area contributed by atoms with Crippen LogP contribution in [0, 0.1) is 5.82 Å². The van der Waals surface area contributed by atoms with Gasteiger partial charge in [-0.05, 0) is 34.1 Å². The number of aromatic nitrogens is 1. The van der Waals surface area contributed by atoms with E-state index in [1.54, 1.807) is 0 Å². The predicted molar refractivity (Wildman–Crippen MR) is 56.6 cm³/mol. The number of halogens is 2. The average Bonchev–Trinajstić information content (AvgIpc) is 2.71.